The van der Waals surface area contributed by atoms with Crippen LogP contribution in [0.15, 0.2) is 48.5 Å². The maximum Gasteiger partial charge on any atom is 0.328 e. The number of amides is 3. The third kappa shape index (κ3) is 4.96. The Morgan fingerprint density at radius 3 is 2.09 bits per heavy atom. The van der Waals surface area contributed by atoms with Crippen LogP contribution in [0.25, 0.3) is 0 Å². The molecule has 32 heavy (non-hydrogen) atoms. The third-order valence-corrected chi connectivity index (χ3v) is 5.07. The highest BCUT2D eigenvalue weighted by atomic mass is 16.5. The molecule has 2 aromatic carbocycles. The van der Waals surface area contributed by atoms with E-state index < -0.39 is 29.7 Å². The van der Waals surface area contributed by atoms with Crippen molar-refractivity contribution in [2.75, 3.05) is 19.8 Å². The van der Waals surface area contributed by atoms with Gasteiger partial charge in [-0.05, 0) is 49.2 Å². The lowest BCUT2D eigenvalue weighted by Gasteiger charge is -2.22. The Kier molecular flexibility index (Phi) is 7.25. The summed E-state index contributed by atoms with van der Waals surface area (Å²) in [7, 11) is 0. The van der Waals surface area contributed by atoms with E-state index in [1.54, 1.807) is 62.4 Å². The highest BCUT2D eigenvalue weighted by Gasteiger charge is 2.35. The molecule has 1 aliphatic heterocycles. The molecule has 0 aliphatic carbocycles. The monoisotopic (exact) mass is 438 g/mol. The molecule has 8 nitrogen and oxygen atoms in total. The van der Waals surface area contributed by atoms with Gasteiger partial charge in [-0.3, -0.25) is 19.3 Å². The van der Waals surface area contributed by atoms with E-state index in [4.69, 9.17) is 9.47 Å². The molecule has 0 saturated carbocycles. The van der Waals surface area contributed by atoms with Gasteiger partial charge in [-0.2, -0.15) is 0 Å². The molecule has 1 atom stereocenters. The summed E-state index contributed by atoms with van der Waals surface area (Å²) in [4.78, 5) is 51.0. The SMILES string of the molecule is CCOc1ccc(C(=O)N[C@H](C(=O)OCCN2C(=O)c3ccccc3C2=O)C(C)C)cc1. The van der Waals surface area contributed by atoms with Crippen molar-refractivity contribution in [1.29, 1.82) is 0 Å². The van der Waals surface area contributed by atoms with Crippen molar-refractivity contribution in [1.82, 2.24) is 10.2 Å². The predicted octanol–water partition coefficient (Wildman–Crippen LogP) is 2.68. The third-order valence-electron chi connectivity index (χ3n) is 5.07. The highest BCUT2D eigenvalue weighted by Crippen LogP contribution is 2.22. The maximum atomic E-state index is 12.6. The van der Waals surface area contributed by atoms with E-state index in [9.17, 15) is 19.2 Å². The highest BCUT2D eigenvalue weighted by molar-refractivity contribution is 6.21. The number of benzene rings is 2. The van der Waals surface area contributed by atoms with Crippen LogP contribution in [-0.4, -0.2) is 54.4 Å². The quantitative estimate of drug-likeness (QED) is 0.477. The molecule has 0 fully saturated rings. The van der Waals surface area contributed by atoms with Gasteiger partial charge in [-0.1, -0.05) is 26.0 Å². The molecular weight excluding hydrogens is 412 g/mol. The zero-order chi connectivity index (χ0) is 23.3. The molecule has 168 valence electrons. The van der Waals surface area contributed by atoms with Crippen LogP contribution < -0.4 is 10.1 Å². The van der Waals surface area contributed by atoms with E-state index in [2.05, 4.69) is 5.32 Å². The minimum absolute atomic E-state index is 0.0598. The lowest BCUT2D eigenvalue weighted by Crippen LogP contribution is -2.46. The second-order valence-electron chi connectivity index (χ2n) is 7.63. The molecule has 3 rings (SSSR count). The molecule has 0 radical (unpaired) electrons. The summed E-state index contributed by atoms with van der Waals surface area (Å²) in [5.74, 6) is -1.44. The summed E-state index contributed by atoms with van der Waals surface area (Å²) in [6.45, 7) is 5.74. The molecule has 1 aliphatic rings. The van der Waals surface area contributed by atoms with Gasteiger partial charge in [0, 0.05) is 5.56 Å². The second kappa shape index (κ2) is 10.1. The summed E-state index contributed by atoms with van der Waals surface area (Å²) >= 11 is 0. The number of esters is 1. The number of carbonyl (C=O) groups is 4. The van der Waals surface area contributed by atoms with Crippen molar-refractivity contribution in [3.05, 3.63) is 65.2 Å². The normalized spacial score (nSPS) is 13.7. The molecule has 0 unspecified atom stereocenters. The summed E-state index contributed by atoms with van der Waals surface area (Å²) in [5, 5.41) is 2.69. The first-order chi connectivity index (χ1) is 15.3. The maximum absolute atomic E-state index is 12.6. The smallest absolute Gasteiger partial charge is 0.328 e. The van der Waals surface area contributed by atoms with E-state index in [0.29, 0.717) is 29.0 Å². The average Bonchev–Trinajstić information content (AvgIpc) is 3.02. The van der Waals surface area contributed by atoms with Gasteiger partial charge in [-0.15, -0.1) is 0 Å². The largest absolute Gasteiger partial charge is 0.494 e. The molecule has 1 N–H and O–H groups in total. The summed E-state index contributed by atoms with van der Waals surface area (Å²) in [6, 6.07) is 12.3. The van der Waals surface area contributed by atoms with Crippen LogP contribution in [0.4, 0.5) is 0 Å². The Morgan fingerprint density at radius 1 is 0.969 bits per heavy atom. The van der Waals surface area contributed by atoms with Crippen LogP contribution >= 0.6 is 0 Å². The topological polar surface area (TPSA) is 102 Å². The van der Waals surface area contributed by atoms with Gasteiger partial charge in [0.25, 0.3) is 17.7 Å². The Balaban J connectivity index is 1.56. The number of nitrogens with one attached hydrogen (secondary N) is 1. The van der Waals surface area contributed by atoms with E-state index in [0.717, 1.165) is 4.90 Å². The van der Waals surface area contributed by atoms with Crippen LogP contribution in [0.2, 0.25) is 0 Å². The summed E-state index contributed by atoms with van der Waals surface area (Å²) in [6.07, 6.45) is 0. The molecule has 1 heterocycles. The molecule has 0 spiro atoms. The molecule has 0 bridgehead atoms. The van der Waals surface area contributed by atoms with Crippen LogP contribution in [-0.2, 0) is 9.53 Å². The first-order valence-electron chi connectivity index (χ1n) is 10.5. The Hall–Kier alpha value is -3.68. The number of imide groups is 1. The zero-order valence-electron chi connectivity index (χ0n) is 18.3. The molecule has 0 aromatic heterocycles. The van der Waals surface area contributed by atoms with E-state index in [1.165, 1.54) is 0 Å². The van der Waals surface area contributed by atoms with Gasteiger partial charge in [-0.25, -0.2) is 4.79 Å². The Labute approximate surface area is 186 Å². The number of rotatable bonds is 9. The van der Waals surface area contributed by atoms with Crippen molar-refractivity contribution in [3.63, 3.8) is 0 Å². The van der Waals surface area contributed by atoms with Crippen molar-refractivity contribution < 1.29 is 28.7 Å². The second-order valence-corrected chi connectivity index (χ2v) is 7.63. The van der Waals surface area contributed by atoms with Gasteiger partial charge < -0.3 is 14.8 Å². The lowest BCUT2D eigenvalue weighted by atomic mass is 10.0. The van der Waals surface area contributed by atoms with Gasteiger partial charge in [0.15, 0.2) is 0 Å². The number of fused-ring (bicyclic) bond motifs is 1. The van der Waals surface area contributed by atoms with Crippen LogP contribution in [0, 0.1) is 5.92 Å². The van der Waals surface area contributed by atoms with E-state index in [-0.39, 0.29) is 19.1 Å². The van der Waals surface area contributed by atoms with Crippen molar-refractivity contribution in [2.24, 2.45) is 5.92 Å². The fraction of sp³-hybridized carbons (Fsp3) is 0.333. The molecular formula is C24H26N2O6. The fourth-order valence-electron chi connectivity index (χ4n) is 3.36. The standard InChI is InChI=1S/C24H26N2O6/c1-4-31-17-11-9-16(10-12-17)21(27)25-20(15(2)3)24(30)32-14-13-26-22(28)18-7-5-6-8-19(18)23(26)29/h5-12,15,20H,4,13-14H2,1-3H3,(H,25,27)/t20-/m0/s1. The van der Waals surface area contributed by atoms with Gasteiger partial charge in [0.2, 0.25) is 0 Å². The molecule has 3 amide bonds. The van der Waals surface area contributed by atoms with Crippen molar-refractivity contribution in [2.45, 2.75) is 26.8 Å². The summed E-state index contributed by atoms with van der Waals surface area (Å²) < 4.78 is 10.7. The van der Waals surface area contributed by atoms with Crippen LogP contribution in [0.1, 0.15) is 51.8 Å². The van der Waals surface area contributed by atoms with E-state index >= 15 is 0 Å². The number of carbonyl (C=O) groups excluding carboxylic acids is 4. The van der Waals surface area contributed by atoms with Gasteiger partial charge in [0.1, 0.15) is 18.4 Å². The van der Waals surface area contributed by atoms with Crippen LogP contribution in [0.3, 0.4) is 0 Å². The molecule has 0 saturated heterocycles. The lowest BCUT2D eigenvalue weighted by molar-refractivity contribution is -0.147. The Bertz CT molecular complexity index is 980. The fourth-order valence-corrected chi connectivity index (χ4v) is 3.36. The minimum Gasteiger partial charge on any atom is -0.494 e. The van der Waals surface area contributed by atoms with E-state index in [1.807, 2.05) is 6.92 Å². The average molecular weight is 438 g/mol. The van der Waals surface area contributed by atoms with Crippen molar-refractivity contribution in [3.8, 4) is 5.75 Å². The Morgan fingerprint density at radius 2 is 1.56 bits per heavy atom. The molecule has 8 heteroatoms. The number of nitrogens with zero attached hydrogens (tertiary/aromatic N) is 1. The predicted molar refractivity (Wildman–Crippen MR) is 116 cm³/mol. The van der Waals surface area contributed by atoms with Crippen LogP contribution in [0.5, 0.6) is 5.75 Å². The first-order valence-corrected chi connectivity index (χ1v) is 10.5. The van der Waals surface area contributed by atoms with Crippen molar-refractivity contribution >= 4 is 23.7 Å². The van der Waals surface area contributed by atoms with Gasteiger partial charge in [0.05, 0.1) is 24.3 Å². The van der Waals surface area contributed by atoms with Gasteiger partial charge >= 0.3 is 5.97 Å². The number of ether oxygens (including phenoxy) is 2. The summed E-state index contributed by atoms with van der Waals surface area (Å²) in [5.41, 5.74) is 1.07. The minimum atomic E-state index is -0.878. The number of hydrogen-bond donors (Lipinski definition) is 1. The molecule has 2 aromatic rings. The zero-order valence-corrected chi connectivity index (χ0v) is 18.3. The first kappa shape index (κ1) is 23.0. The number of hydrogen-bond acceptors (Lipinski definition) is 6.